The Labute approximate surface area is 201 Å². The Morgan fingerprint density at radius 3 is 2.73 bits per heavy atom. The van der Waals surface area contributed by atoms with Crippen LogP contribution in [0.25, 0.3) is 10.9 Å². The highest BCUT2D eigenvalue weighted by atomic mass is 79.9. The Balaban J connectivity index is 2.19. The SMILES string of the molecule is COC(=O)COc1c(C=Nn2c(C(C)C)nc3ccc(Br)cc3c2=O)cc(Cl)cc1[N+](=O)[O-]. The molecule has 0 atom stereocenters. The lowest BCUT2D eigenvalue weighted by atomic mass is 10.1. The summed E-state index contributed by atoms with van der Waals surface area (Å²) in [5, 5.41) is 16.2. The summed E-state index contributed by atoms with van der Waals surface area (Å²) in [6, 6.07) is 7.60. The number of nitrogens with zero attached hydrogens (tertiary/aromatic N) is 4. The summed E-state index contributed by atoms with van der Waals surface area (Å²) >= 11 is 9.39. The predicted octanol–water partition coefficient (Wildman–Crippen LogP) is 4.28. The molecule has 0 saturated carbocycles. The van der Waals surface area contributed by atoms with E-state index in [1.807, 2.05) is 13.8 Å². The van der Waals surface area contributed by atoms with Crippen LogP contribution in [0.15, 0.2) is 44.7 Å². The number of carbonyl (C=O) groups is 1. The number of esters is 1. The molecule has 0 spiro atoms. The van der Waals surface area contributed by atoms with E-state index in [-0.39, 0.29) is 22.3 Å². The molecule has 33 heavy (non-hydrogen) atoms. The Hall–Kier alpha value is -3.31. The number of halogens is 2. The zero-order valence-corrected chi connectivity index (χ0v) is 20.1. The lowest BCUT2D eigenvalue weighted by Gasteiger charge is -2.12. The normalized spacial score (nSPS) is 11.3. The maximum absolute atomic E-state index is 13.2. The highest BCUT2D eigenvalue weighted by molar-refractivity contribution is 9.10. The highest BCUT2D eigenvalue weighted by Gasteiger charge is 2.22. The van der Waals surface area contributed by atoms with E-state index in [0.717, 1.165) is 17.9 Å². The van der Waals surface area contributed by atoms with Gasteiger partial charge < -0.3 is 9.47 Å². The van der Waals surface area contributed by atoms with Crippen LogP contribution >= 0.6 is 27.5 Å². The molecule has 0 bridgehead atoms. The summed E-state index contributed by atoms with van der Waals surface area (Å²) in [7, 11) is 1.16. The van der Waals surface area contributed by atoms with Crippen molar-refractivity contribution in [3.05, 3.63) is 71.7 Å². The van der Waals surface area contributed by atoms with Gasteiger partial charge in [0.25, 0.3) is 5.56 Å². The molecule has 1 heterocycles. The van der Waals surface area contributed by atoms with Crippen molar-refractivity contribution >= 4 is 56.3 Å². The zero-order valence-electron chi connectivity index (χ0n) is 17.7. The van der Waals surface area contributed by atoms with Gasteiger partial charge in [-0.05, 0) is 24.3 Å². The Bertz CT molecular complexity index is 1340. The molecule has 2 aromatic carbocycles. The third-order valence-electron chi connectivity index (χ3n) is 4.48. The van der Waals surface area contributed by atoms with E-state index < -0.39 is 28.7 Å². The summed E-state index contributed by atoms with van der Waals surface area (Å²) in [6.45, 7) is 3.14. The minimum Gasteiger partial charge on any atom is -0.474 e. The largest absolute Gasteiger partial charge is 0.474 e. The quantitative estimate of drug-likeness (QED) is 0.191. The second kappa shape index (κ2) is 10.1. The molecule has 0 amide bonds. The first kappa shape index (κ1) is 24.3. The number of aromatic nitrogens is 2. The van der Waals surface area contributed by atoms with Gasteiger partial charge in [0.05, 0.1) is 29.2 Å². The van der Waals surface area contributed by atoms with Crippen molar-refractivity contribution in [3.63, 3.8) is 0 Å². The number of carbonyl (C=O) groups excluding carboxylic acids is 1. The molecule has 3 rings (SSSR count). The van der Waals surface area contributed by atoms with Crippen LogP contribution in [0.4, 0.5) is 5.69 Å². The van der Waals surface area contributed by atoms with Gasteiger partial charge in [0.15, 0.2) is 6.61 Å². The molecule has 0 saturated heterocycles. The molecular weight excluding hydrogens is 520 g/mol. The van der Waals surface area contributed by atoms with Crippen LogP contribution < -0.4 is 10.3 Å². The summed E-state index contributed by atoms with van der Waals surface area (Å²) in [5.41, 5.74) is -0.285. The number of hydrogen-bond acceptors (Lipinski definition) is 8. The third kappa shape index (κ3) is 5.37. The Morgan fingerprint density at radius 2 is 2.09 bits per heavy atom. The number of ether oxygens (including phenoxy) is 2. The van der Waals surface area contributed by atoms with Crippen molar-refractivity contribution in [2.45, 2.75) is 19.8 Å². The van der Waals surface area contributed by atoms with Crippen LogP contribution in [0, 0.1) is 10.1 Å². The molecule has 3 aromatic rings. The summed E-state index contributed by atoms with van der Waals surface area (Å²) in [4.78, 5) is 40.1. The van der Waals surface area contributed by atoms with Gasteiger partial charge in [0, 0.05) is 27.0 Å². The van der Waals surface area contributed by atoms with Gasteiger partial charge in [0.2, 0.25) is 5.75 Å². The fraction of sp³-hybridized carbons (Fsp3) is 0.238. The van der Waals surface area contributed by atoms with Crippen LogP contribution in [-0.2, 0) is 9.53 Å². The van der Waals surface area contributed by atoms with E-state index in [1.165, 1.54) is 12.3 Å². The molecule has 0 aliphatic carbocycles. The topological polar surface area (TPSA) is 126 Å². The van der Waals surface area contributed by atoms with Gasteiger partial charge in [-0.25, -0.2) is 9.78 Å². The third-order valence-corrected chi connectivity index (χ3v) is 5.20. The van der Waals surface area contributed by atoms with Gasteiger partial charge in [-0.15, -0.1) is 0 Å². The molecule has 0 N–H and O–H groups in total. The van der Waals surface area contributed by atoms with Crippen molar-refractivity contribution in [1.82, 2.24) is 9.66 Å². The smallest absolute Gasteiger partial charge is 0.343 e. The van der Waals surface area contributed by atoms with Crippen molar-refractivity contribution in [3.8, 4) is 5.75 Å². The molecule has 1 aromatic heterocycles. The van der Waals surface area contributed by atoms with Crippen LogP contribution in [0.5, 0.6) is 5.75 Å². The number of fused-ring (bicyclic) bond motifs is 1. The summed E-state index contributed by atoms with van der Waals surface area (Å²) < 4.78 is 11.7. The molecule has 0 radical (unpaired) electrons. The maximum atomic E-state index is 13.2. The van der Waals surface area contributed by atoms with Gasteiger partial charge in [-0.2, -0.15) is 9.78 Å². The maximum Gasteiger partial charge on any atom is 0.343 e. The monoisotopic (exact) mass is 536 g/mol. The number of benzene rings is 2. The van der Waals surface area contributed by atoms with Crippen molar-refractivity contribution < 1.29 is 19.2 Å². The van der Waals surface area contributed by atoms with Crippen LogP contribution in [0.2, 0.25) is 5.02 Å². The Kier molecular flexibility index (Phi) is 7.44. The molecule has 0 unspecified atom stereocenters. The highest BCUT2D eigenvalue weighted by Crippen LogP contribution is 2.34. The Morgan fingerprint density at radius 1 is 1.36 bits per heavy atom. The van der Waals surface area contributed by atoms with E-state index in [0.29, 0.717) is 21.2 Å². The van der Waals surface area contributed by atoms with E-state index in [2.05, 4.69) is 30.8 Å². The van der Waals surface area contributed by atoms with Gasteiger partial charge >= 0.3 is 11.7 Å². The predicted molar refractivity (Wildman–Crippen MR) is 126 cm³/mol. The minimum absolute atomic E-state index is 0.0468. The fourth-order valence-electron chi connectivity index (χ4n) is 2.95. The molecule has 10 nitrogen and oxygen atoms in total. The van der Waals surface area contributed by atoms with Crippen LogP contribution in [0.1, 0.15) is 31.2 Å². The van der Waals surface area contributed by atoms with Crippen LogP contribution in [-0.4, -0.2) is 40.5 Å². The average molecular weight is 538 g/mol. The summed E-state index contributed by atoms with van der Waals surface area (Å²) in [5.74, 6) is -0.745. The second-order valence-corrected chi connectivity index (χ2v) is 8.46. The number of hydrogen-bond donors (Lipinski definition) is 0. The first-order valence-corrected chi connectivity index (χ1v) is 10.7. The summed E-state index contributed by atoms with van der Waals surface area (Å²) in [6.07, 6.45) is 1.20. The molecule has 0 aliphatic heterocycles. The van der Waals surface area contributed by atoms with E-state index in [9.17, 15) is 19.7 Å². The van der Waals surface area contributed by atoms with Crippen molar-refractivity contribution in [1.29, 1.82) is 0 Å². The van der Waals surface area contributed by atoms with E-state index in [4.69, 9.17) is 16.3 Å². The van der Waals surface area contributed by atoms with Crippen LogP contribution in [0.3, 0.4) is 0 Å². The second-order valence-electron chi connectivity index (χ2n) is 7.11. The number of nitro groups is 1. The number of rotatable bonds is 7. The molecule has 12 heteroatoms. The first-order valence-electron chi connectivity index (χ1n) is 9.56. The molecule has 172 valence electrons. The first-order chi connectivity index (χ1) is 15.6. The van der Waals surface area contributed by atoms with Gasteiger partial charge in [-0.3, -0.25) is 14.9 Å². The van der Waals surface area contributed by atoms with E-state index in [1.54, 1.807) is 18.2 Å². The average Bonchev–Trinajstić information content (AvgIpc) is 2.77. The fourth-order valence-corrected chi connectivity index (χ4v) is 3.53. The molecular formula is C21H18BrClN4O6. The number of methoxy groups -OCH3 is 1. The van der Waals surface area contributed by atoms with E-state index >= 15 is 0 Å². The minimum atomic E-state index is -0.732. The lowest BCUT2D eigenvalue weighted by molar-refractivity contribution is -0.385. The zero-order chi connectivity index (χ0) is 24.3. The standard InChI is InChI=1S/C21H18BrClN4O6/c1-11(2)20-25-16-5-4-13(22)7-15(16)21(29)26(20)24-9-12-6-14(23)8-17(27(30)31)19(12)33-10-18(28)32-3/h4-9,11H,10H2,1-3H3. The lowest BCUT2D eigenvalue weighted by Crippen LogP contribution is -2.23. The molecule has 0 aliphatic rings. The number of nitro benzene ring substituents is 1. The van der Waals surface area contributed by atoms with Gasteiger partial charge in [-0.1, -0.05) is 41.4 Å². The van der Waals surface area contributed by atoms with Crippen molar-refractivity contribution in [2.75, 3.05) is 13.7 Å². The molecule has 0 fully saturated rings. The van der Waals surface area contributed by atoms with Crippen molar-refractivity contribution in [2.24, 2.45) is 5.10 Å². The van der Waals surface area contributed by atoms with Gasteiger partial charge in [0.1, 0.15) is 5.82 Å².